The summed E-state index contributed by atoms with van der Waals surface area (Å²) in [6.07, 6.45) is 0. The molecule has 0 spiro atoms. The quantitative estimate of drug-likeness (QED) is 0.855. The van der Waals surface area contributed by atoms with Crippen LogP contribution in [0.5, 0.6) is 11.5 Å². The Bertz CT molecular complexity index is 494. The van der Waals surface area contributed by atoms with Crippen LogP contribution in [0.15, 0.2) is 48.5 Å². The minimum atomic E-state index is -0.0324. The lowest BCUT2D eigenvalue weighted by atomic mass is 10.1. The Labute approximate surface area is 115 Å². The molecule has 0 unspecified atom stereocenters. The van der Waals surface area contributed by atoms with E-state index in [2.05, 4.69) is 22.6 Å². The first-order valence-electron chi connectivity index (χ1n) is 5.45. The molecule has 0 saturated carbocycles. The van der Waals surface area contributed by atoms with Crippen LogP contribution in [0.2, 0.25) is 0 Å². The van der Waals surface area contributed by atoms with E-state index in [9.17, 15) is 0 Å². The second-order valence-electron chi connectivity index (χ2n) is 3.88. The average Bonchev–Trinajstić information content (AvgIpc) is 2.32. The minimum Gasteiger partial charge on any atom is -0.457 e. The zero-order chi connectivity index (χ0) is 12.3. The molecule has 88 valence electrons. The number of benzene rings is 2. The fourth-order valence-electron chi connectivity index (χ4n) is 1.58. The van der Waals surface area contributed by atoms with Gasteiger partial charge in [0.1, 0.15) is 11.5 Å². The van der Waals surface area contributed by atoms with Crippen molar-refractivity contribution in [2.45, 2.75) is 13.0 Å². The molecular weight excluding hydrogens is 325 g/mol. The summed E-state index contributed by atoms with van der Waals surface area (Å²) < 4.78 is 7.03. The van der Waals surface area contributed by atoms with Crippen molar-refractivity contribution in [1.82, 2.24) is 0 Å². The molecule has 0 radical (unpaired) electrons. The standard InChI is InChI=1S/C14H14INO/c1-10(16)13-4-2-3-5-14(13)17-12-8-6-11(15)7-9-12/h2-10H,16H2,1H3/t10-/m0/s1. The van der Waals surface area contributed by atoms with Crippen LogP contribution < -0.4 is 10.5 Å². The van der Waals surface area contributed by atoms with Gasteiger partial charge in [0.2, 0.25) is 0 Å². The van der Waals surface area contributed by atoms with Crippen molar-refractivity contribution in [3.8, 4) is 11.5 Å². The van der Waals surface area contributed by atoms with Crippen molar-refractivity contribution < 1.29 is 4.74 Å². The van der Waals surface area contributed by atoms with Crippen LogP contribution in [0, 0.1) is 3.57 Å². The van der Waals surface area contributed by atoms with E-state index in [1.54, 1.807) is 0 Å². The highest BCUT2D eigenvalue weighted by Gasteiger charge is 2.07. The second kappa shape index (κ2) is 5.51. The fourth-order valence-corrected chi connectivity index (χ4v) is 1.94. The van der Waals surface area contributed by atoms with E-state index >= 15 is 0 Å². The molecule has 0 saturated heterocycles. The summed E-state index contributed by atoms with van der Waals surface area (Å²) in [5, 5.41) is 0. The molecule has 2 aromatic rings. The third-order valence-corrected chi connectivity index (χ3v) is 3.17. The number of para-hydroxylation sites is 1. The highest BCUT2D eigenvalue weighted by atomic mass is 127. The lowest BCUT2D eigenvalue weighted by molar-refractivity contribution is 0.472. The predicted octanol–water partition coefficient (Wildman–Crippen LogP) is 4.10. The van der Waals surface area contributed by atoms with E-state index in [4.69, 9.17) is 10.5 Å². The molecule has 2 N–H and O–H groups in total. The molecule has 0 aliphatic carbocycles. The first kappa shape index (κ1) is 12.4. The van der Waals surface area contributed by atoms with Crippen molar-refractivity contribution >= 4 is 22.6 Å². The van der Waals surface area contributed by atoms with Gasteiger partial charge in [-0.15, -0.1) is 0 Å². The SMILES string of the molecule is C[C@H](N)c1ccccc1Oc1ccc(I)cc1. The summed E-state index contributed by atoms with van der Waals surface area (Å²) >= 11 is 2.27. The van der Waals surface area contributed by atoms with Crippen LogP contribution in [-0.2, 0) is 0 Å². The topological polar surface area (TPSA) is 35.2 Å². The van der Waals surface area contributed by atoms with Gasteiger partial charge in [0.25, 0.3) is 0 Å². The third-order valence-electron chi connectivity index (χ3n) is 2.45. The molecule has 3 heteroatoms. The third kappa shape index (κ3) is 3.20. The summed E-state index contributed by atoms with van der Waals surface area (Å²) in [4.78, 5) is 0. The highest BCUT2D eigenvalue weighted by molar-refractivity contribution is 14.1. The van der Waals surface area contributed by atoms with Gasteiger partial charge in [0, 0.05) is 15.2 Å². The maximum Gasteiger partial charge on any atom is 0.132 e. The van der Waals surface area contributed by atoms with Gasteiger partial charge >= 0.3 is 0 Å². The van der Waals surface area contributed by atoms with Gasteiger partial charge in [0.05, 0.1) is 0 Å². The Morgan fingerprint density at radius 3 is 2.35 bits per heavy atom. The number of nitrogens with two attached hydrogens (primary N) is 1. The van der Waals surface area contributed by atoms with Crippen molar-refractivity contribution in [2.24, 2.45) is 5.73 Å². The van der Waals surface area contributed by atoms with Gasteiger partial charge in [-0.05, 0) is 59.8 Å². The second-order valence-corrected chi connectivity index (χ2v) is 5.13. The predicted molar refractivity (Wildman–Crippen MR) is 78.3 cm³/mol. The molecule has 0 aliphatic heterocycles. The first-order valence-corrected chi connectivity index (χ1v) is 6.52. The Kier molecular flexibility index (Phi) is 4.02. The number of hydrogen-bond donors (Lipinski definition) is 1. The molecule has 0 fully saturated rings. The monoisotopic (exact) mass is 339 g/mol. The van der Waals surface area contributed by atoms with Crippen LogP contribution in [0.1, 0.15) is 18.5 Å². The normalized spacial score (nSPS) is 12.2. The van der Waals surface area contributed by atoms with Crippen molar-refractivity contribution in [3.63, 3.8) is 0 Å². The number of ether oxygens (including phenoxy) is 1. The maximum absolute atomic E-state index is 5.91. The van der Waals surface area contributed by atoms with Crippen LogP contribution in [0.3, 0.4) is 0 Å². The molecule has 17 heavy (non-hydrogen) atoms. The summed E-state index contributed by atoms with van der Waals surface area (Å²) in [5.74, 6) is 1.65. The lowest BCUT2D eigenvalue weighted by Gasteiger charge is -2.13. The highest BCUT2D eigenvalue weighted by Crippen LogP contribution is 2.28. The van der Waals surface area contributed by atoms with Crippen molar-refractivity contribution in [1.29, 1.82) is 0 Å². The molecule has 1 atom stereocenters. The summed E-state index contributed by atoms with van der Waals surface area (Å²) in [6.45, 7) is 1.95. The number of halogens is 1. The van der Waals surface area contributed by atoms with Gasteiger partial charge in [-0.25, -0.2) is 0 Å². The van der Waals surface area contributed by atoms with E-state index in [1.165, 1.54) is 3.57 Å². The van der Waals surface area contributed by atoms with Gasteiger partial charge in [-0.1, -0.05) is 18.2 Å². The Morgan fingerprint density at radius 2 is 1.71 bits per heavy atom. The molecule has 0 heterocycles. The summed E-state index contributed by atoms with van der Waals surface area (Å²) in [7, 11) is 0. The van der Waals surface area contributed by atoms with Gasteiger partial charge < -0.3 is 10.5 Å². The number of hydrogen-bond acceptors (Lipinski definition) is 2. The van der Waals surface area contributed by atoms with E-state index in [0.29, 0.717) is 0 Å². The lowest BCUT2D eigenvalue weighted by Crippen LogP contribution is -2.06. The van der Waals surface area contributed by atoms with E-state index in [-0.39, 0.29) is 6.04 Å². The van der Waals surface area contributed by atoms with Crippen LogP contribution in [0.4, 0.5) is 0 Å². The molecule has 2 rings (SSSR count). The molecule has 2 nitrogen and oxygen atoms in total. The Balaban J connectivity index is 2.26. The van der Waals surface area contributed by atoms with E-state index in [1.807, 2.05) is 55.5 Å². The van der Waals surface area contributed by atoms with Crippen LogP contribution in [-0.4, -0.2) is 0 Å². The Morgan fingerprint density at radius 1 is 1.06 bits per heavy atom. The van der Waals surface area contributed by atoms with Gasteiger partial charge in [-0.2, -0.15) is 0 Å². The zero-order valence-electron chi connectivity index (χ0n) is 9.56. The summed E-state index contributed by atoms with van der Waals surface area (Å²) in [5.41, 5.74) is 6.93. The smallest absolute Gasteiger partial charge is 0.132 e. The van der Waals surface area contributed by atoms with E-state index in [0.717, 1.165) is 17.1 Å². The minimum absolute atomic E-state index is 0.0324. The van der Waals surface area contributed by atoms with Crippen LogP contribution in [0.25, 0.3) is 0 Å². The van der Waals surface area contributed by atoms with Crippen LogP contribution >= 0.6 is 22.6 Å². The molecular formula is C14H14INO. The van der Waals surface area contributed by atoms with Crippen molar-refractivity contribution in [3.05, 3.63) is 57.7 Å². The fraction of sp³-hybridized carbons (Fsp3) is 0.143. The largest absolute Gasteiger partial charge is 0.457 e. The van der Waals surface area contributed by atoms with Crippen molar-refractivity contribution in [2.75, 3.05) is 0 Å². The maximum atomic E-state index is 5.91. The van der Waals surface area contributed by atoms with Gasteiger partial charge in [0.15, 0.2) is 0 Å². The number of rotatable bonds is 3. The van der Waals surface area contributed by atoms with Gasteiger partial charge in [-0.3, -0.25) is 0 Å². The van der Waals surface area contributed by atoms with E-state index < -0.39 is 0 Å². The Hall–Kier alpha value is -1.07. The average molecular weight is 339 g/mol. The molecule has 0 bridgehead atoms. The molecule has 0 aromatic heterocycles. The summed E-state index contributed by atoms with van der Waals surface area (Å²) in [6, 6.07) is 15.8. The zero-order valence-corrected chi connectivity index (χ0v) is 11.7. The molecule has 2 aromatic carbocycles. The first-order chi connectivity index (χ1) is 8.16. The molecule has 0 amide bonds. The molecule has 0 aliphatic rings.